The van der Waals surface area contributed by atoms with Gasteiger partial charge in [-0.15, -0.1) is 0 Å². The quantitative estimate of drug-likeness (QED) is 0.843. The van der Waals surface area contributed by atoms with E-state index in [2.05, 4.69) is 16.8 Å². The van der Waals surface area contributed by atoms with Crippen LogP contribution in [0.25, 0.3) is 10.9 Å². The molecule has 4 bridgehead atoms. The molecule has 6 rings (SSSR count). The van der Waals surface area contributed by atoms with Crippen molar-refractivity contribution < 1.29 is 5.11 Å². The van der Waals surface area contributed by atoms with Gasteiger partial charge in [0.25, 0.3) is 0 Å². The number of aromatic hydroxyl groups is 1. The highest BCUT2D eigenvalue weighted by molar-refractivity contribution is 5.86. The predicted octanol–water partition coefficient (Wildman–Crippen LogP) is 3.63. The second kappa shape index (κ2) is 4.51. The van der Waals surface area contributed by atoms with E-state index >= 15 is 0 Å². The summed E-state index contributed by atoms with van der Waals surface area (Å²) >= 11 is 0. The summed E-state index contributed by atoms with van der Waals surface area (Å²) in [5.74, 6) is 2.80. The van der Waals surface area contributed by atoms with Crippen molar-refractivity contribution in [2.75, 3.05) is 13.1 Å². The van der Waals surface area contributed by atoms with E-state index < -0.39 is 0 Å². The van der Waals surface area contributed by atoms with Gasteiger partial charge in [-0.05, 0) is 54.9 Å². The highest BCUT2D eigenvalue weighted by Gasteiger charge is 2.48. The predicted molar refractivity (Wildman–Crippen MR) is 88.3 cm³/mol. The van der Waals surface area contributed by atoms with Crippen LogP contribution in [0.15, 0.2) is 18.2 Å². The third-order valence-corrected chi connectivity index (χ3v) is 6.50. The van der Waals surface area contributed by atoms with Crippen molar-refractivity contribution >= 4 is 10.9 Å². The molecule has 0 radical (unpaired) electrons. The average Bonchev–Trinajstić information content (AvgIpc) is 2.85. The average molecular weight is 296 g/mol. The van der Waals surface area contributed by atoms with Gasteiger partial charge in [-0.25, -0.2) is 0 Å². The van der Waals surface area contributed by atoms with Crippen LogP contribution in [0.3, 0.4) is 0 Å². The first-order valence-corrected chi connectivity index (χ1v) is 8.82. The molecule has 0 amide bonds. The zero-order chi connectivity index (χ0) is 14.8. The van der Waals surface area contributed by atoms with E-state index in [1.54, 1.807) is 6.07 Å². The van der Waals surface area contributed by atoms with Crippen LogP contribution in [0.2, 0.25) is 0 Å². The Bertz CT molecular complexity index is 734. The smallest absolute Gasteiger partial charge is 0.116 e. The molecule has 3 aliphatic heterocycles. The summed E-state index contributed by atoms with van der Waals surface area (Å²) in [7, 11) is 0. The first-order valence-electron chi connectivity index (χ1n) is 8.82. The van der Waals surface area contributed by atoms with Gasteiger partial charge < -0.3 is 10.1 Å². The van der Waals surface area contributed by atoms with Crippen LogP contribution in [-0.2, 0) is 6.42 Å². The van der Waals surface area contributed by atoms with Gasteiger partial charge in [0.1, 0.15) is 5.75 Å². The van der Waals surface area contributed by atoms with Crippen LogP contribution in [0.1, 0.15) is 43.4 Å². The van der Waals surface area contributed by atoms with E-state index in [1.165, 1.54) is 54.5 Å². The lowest BCUT2D eigenvalue weighted by atomic mass is 9.65. The second-order valence-corrected chi connectivity index (χ2v) is 7.59. The fourth-order valence-corrected chi connectivity index (χ4v) is 5.68. The summed E-state index contributed by atoms with van der Waals surface area (Å²) in [6.07, 6.45) is 5.22. The van der Waals surface area contributed by atoms with Crippen molar-refractivity contribution in [1.29, 1.82) is 0 Å². The number of nitrogens with one attached hydrogen (secondary N) is 1. The van der Waals surface area contributed by atoms with E-state index in [4.69, 9.17) is 0 Å². The minimum absolute atomic E-state index is 0.384. The lowest BCUT2D eigenvalue weighted by Gasteiger charge is -2.53. The summed E-state index contributed by atoms with van der Waals surface area (Å²) in [5, 5.41) is 11.1. The Morgan fingerprint density at radius 1 is 1.32 bits per heavy atom. The number of H-pyrrole nitrogens is 1. The number of nitrogens with zero attached hydrogens (tertiary/aromatic N) is 1. The molecule has 1 aromatic carbocycles. The number of rotatable bonds is 1. The monoisotopic (exact) mass is 296 g/mol. The van der Waals surface area contributed by atoms with Crippen LogP contribution in [0.4, 0.5) is 0 Å². The molecule has 2 saturated heterocycles. The summed E-state index contributed by atoms with van der Waals surface area (Å²) in [6.45, 7) is 4.86. The molecule has 3 nitrogen and oxygen atoms in total. The van der Waals surface area contributed by atoms with Crippen LogP contribution < -0.4 is 0 Å². The zero-order valence-electron chi connectivity index (χ0n) is 13.2. The fraction of sp³-hybridized carbons (Fsp3) is 0.579. The fourth-order valence-electron chi connectivity index (χ4n) is 5.68. The van der Waals surface area contributed by atoms with Crippen LogP contribution in [0, 0.1) is 11.8 Å². The Morgan fingerprint density at radius 3 is 3.09 bits per heavy atom. The molecule has 3 heteroatoms. The van der Waals surface area contributed by atoms with Crippen molar-refractivity contribution in [2.24, 2.45) is 11.8 Å². The maximum atomic E-state index is 9.87. The van der Waals surface area contributed by atoms with E-state index in [0.29, 0.717) is 11.7 Å². The maximum Gasteiger partial charge on any atom is 0.116 e. The number of fused-ring (bicyclic) bond motifs is 4. The Hall–Kier alpha value is -1.48. The van der Waals surface area contributed by atoms with Gasteiger partial charge in [-0.3, -0.25) is 4.90 Å². The molecule has 1 aliphatic carbocycles. The standard InChI is InChI=1S/C19H24N2O/c1-2-12-7-11-8-16-18-14(5-6-21(10-11)19(12)16)15-9-13(22)3-4-17(15)20-18/h3-4,9,11-12,16,19-20,22H,2,5-8,10H2,1H3/t11-,12?,16?,19?/m0/s1. The largest absolute Gasteiger partial charge is 0.508 e. The highest BCUT2D eigenvalue weighted by Crippen LogP contribution is 2.51. The van der Waals surface area contributed by atoms with E-state index in [9.17, 15) is 5.11 Å². The van der Waals surface area contributed by atoms with Gasteiger partial charge in [0.05, 0.1) is 0 Å². The van der Waals surface area contributed by atoms with E-state index in [0.717, 1.165) is 24.3 Å². The lowest BCUT2D eigenvalue weighted by Crippen LogP contribution is -2.56. The first kappa shape index (κ1) is 13.0. The molecule has 1 aromatic heterocycles. The molecular weight excluding hydrogens is 272 g/mol. The maximum absolute atomic E-state index is 9.87. The molecule has 1 saturated carbocycles. The van der Waals surface area contributed by atoms with Gasteiger partial charge >= 0.3 is 0 Å². The molecule has 22 heavy (non-hydrogen) atoms. The second-order valence-electron chi connectivity index (χ2n) is 7.59. The molecule has 5 atom stereocenters. The van der Waals surface area contributed by atoms with Crippen molar-refractivity contribution in [1.82, 2.24) is 9.88 Å². The topological polar surface area (TPSA) is 39.3 Å². The number of benzene rings is 1. The molecule has 4 heterocycles. The molecule has 4 aliphatic rings. The van der Waals surface area contributed by atoms with Crippen molar-refractivity contribution in [2.45, 2.75) is 44.6 Å². The summed E-state index contributed by atoms with van der Waals surface area (Å²) in [6, 6.07) is 6.52. The van der Waals surface area contributed by atoms with Crippen LogP contribution in [0.5, 0.6) is 5.75 Å². The number of aromatic nitrogens is 1. The van der Waals surface area contributed by atoms with Crippen LogP contribution in [-0.4, -0.2) is 34.1 Å². The third kappa shape index (κ3) is 1.66. The Labute approximate surface area is 131 Å². The molecule has 2 aromatic rings. The Balaban J connectivity index is 1.69. The number of aromatic amines is 1. The number of phenols is 1. The van der Waals surface area contributed by atoms with Crippen molar-refractivity contribution in [3.63, 3.8) is 0 Å². The minimum atomic E-state index is 0.384. The van der Waals surface area contributed by atoms with Gasteiger partial charge in [-0.2, -0.15) is 0 Å². The molecule has 2 N–H and O–H groups in total. The summed E-state index contributed by atoms with van der Waals surface area (Å²) in [5.41, 5.74) is 4.16. The Morgan fingerprint density at radius 2 is 2.23 bits per heavy atom. The van der Waals surface area contributed by atoms with Crippen LogP contribution >= 0.6 is 0 Å². The number of hydrogen-bond acceptors (Lipinski definition) is 2. The third-order valence-electron chi connectivity index (χ3n) is 6.50. The summed E-state index contributed by atoms with van der Waals surface area (Å²) < 4.78 is 0. The molecule has 4 unspecified atom stereocenters. The molecule has 3 fully saturated rings. The summed E-state index contributed by atoms with van der Waals surface area (Å²) in [4.78, 5) is 6.51. The molecule has 0 spiro atoms. The van der Waals surface area contributed by atoms with Crippen molar-refractivity contribution in [3.05, 3.63) is 29.5 Å². The number of phenolic OH excluding ortho intramolecular Hbond substituents is 1. The number of piperidine rings is 2. The van der Waals surface area contributed by atoms with E-state index in [1.807, 2.05) is 12.1 Å². The minimum Gasteiger partial charge on any atom is -0.508 e. The zero-order valence-corrected chi connectivity index (χ0v) is 13.2. The van der Waals surface area contributed by atoms with Gasteiger partial charge in [-0.1, -0.05) is 13.3 Å². The lowest BCUT2D eigenvalue weighted by molar-refractivity contribution is -0.0134. The van der Waals surface area contributed by atoms with Gasteiger partial charge in [0, 0.05) is 41.6 Å². The molecule has 116 valence electrons. The highest BCUT2D eigenvalue weighted by atomic mass is 16.3. The van der Waals surface area contributed by atoms with Gasteiger partial charge in [0.15, 0.2) is 0 Å². The first-order chi connectivity index (χ1) is 10.7. The normalized spacial score (nSPS) is 36.3. The van der Waals surface area contributed by atoms with E-state index in [-0.39, 0.29) is 0 Å². The molecular formula is C19H24N2O. The van der Waals surface area contributed by atoms with Gasteiger partial charge in [0.2, 0.25) is 0 Å². The Kier molecular flexibility index (Phi) is 2.67. The van der Waals surface area contributed by atoms with Crippen molar-refractivity contribution in [3.8, 4) is 5.75 Å². The SMILES string of the molecule is CCC1C[C@H]2CC3c4[nH]c5ccc(O)cc5c4CCN(C2)C13. The number of hydrogen-bond donors (Lipinski definition) is 2.